The molecule has 0 saturated heterocycles. The summed E-state index contributed by atoms with van der Waals surface area (Å²) in [6.45, 7) is 0. The van der Waals surface area contributed by atoms with Crippen LogP contribution in [0.3, 0.4) is 0 Å². The summed E-state index contributed by atoms with van der Waals surface area (Å²) in [4.78, 5) is 26.2. The van der Waals surface area contributed by atoms with Crippen LogP contribution in [0.2, 0.25) is 0 Å². The number of nitrogens with one attached hydrogen (secondary N) is 2. The van der Waals surface area contributed by atoms with Crippen molar-refractivity contribution < 1.29 is 27.2 Å². The van der Waals surface area contributed by atoms with E-state index in [4.69, 9.17) is 5.73 Å². The van der Waals surface area contributed by atoms with Gasteiger partial charge in [0.05, 0.1) is 17.6 Å². The quantitative estimate of drug-likeness (QED) is 0.336. The Morgan fingerprint density at radius 2 is 1.71 bits per heavy atom. The maximum atomic E-state index is 13.0. The fourth-order valence-corrected chi connectivity index (χ4v) is 2.95. The van der Waals surface area contributed by atoms with E-state index in [2.05, 4.69) is 15.6 Å². The van der Waals surface area contributed by atoms with E-state index in [1.54, 1.807) is 0 Å². The van der Waals surface area contributed by atoms with Crippen molar-refractivity contribution in [2.45, 2.75) is 38.3 Å². The van der Waals surface area contributed by atoms with Crippen LogP contribution in [-0.2, 0) is 15.8 Å². The number of carbonyl (C=O) groups excluding carboxylic acids is 2. The van der Waals surface area contributed by atoms with E-state index < -0.39 is 22.8 Å². The second-order valence-electron chi connectivity index (χ2n) is 5.92. The highest BCUT2D eigenvalue weighted by molar-refractivity contribution is 7.15. The molecule has 152 valence electrons. The minimum Gasteiger partial charge on any atom is -0.397 e. The van der Waals surface area contributed by atoms with Gasteiger partial charge in [-0.2, -0.15) is 13.2 Å². The summed E-state index contributed by atoms with van der Waals surface area (Å²) < 4.78 is 50.4. The van der Waals surface area contributed by atoms with Gasteiger partial charge >= 0.3 is 6.18 Å². The lowest BCUT2D eigenvalue weighted by Crippen LogP contribution is -2.13. The molecule has 1 heterocycles. The molecule has 0 aliphatic carbocycles. The first-order valence-electron chi connectivity index (χ1n) is 8.33. The van der Waals surface area contributed by atoms with Crippen LogP contribution >= 0.6 is 11.3 Å². The number of alkyl halides is 3. The first kappa shape index (κ1) is 21.6. The van der Waals surface area contributed by atoms with Gasteiger partial charge in [0.15, 0.2) is 5.13 Å². The van der Waals surface area contributed by atoms with Crippen molar-refractivity contribution in [3.63, 3.8) is 0 Å². The zero-order valence-electron chi connectivity index (χ0n) is 14.6. The second-order valence-corrected chi connectivity index (χ2v) is 6.95. The number of aromatic nitrogens is 1. The van der Waals surface area contributed by atoms with Crippen LogP contribution in [0, 0.1) is 5.82 Å². The van der Waals surface area contributed by atoms with E-state index >= 15 is 0 Å². The lowest BCUT2D eigenvalue weighted by atomic mass is 10.1. The molecular weight excluding hydrogens is 400 g/mol. The standard InChI is InChI=1S/C17H18F4N4O2S/c18-10-6-7-12(11(22)8-10)24-14(26)4-2-1-3-5-15(27)25-16-23-9-13(28-16)17(19,20)21/h6-9H,1-5,22H2,(H,24,26)(H,23,25,27). The zero-order chi connectivity index (χ0) is 20.7. The highest BCUT2D eigenvalue weighted by Crippen LogP contribution is 2.35. The predicted molar refractivity (Wildman–Crippen MR) is 98.3 cm³/mol. The van der Waals surface area contributed by atoms with Gasteiger partial charge in [-0.3, -0.25) is 9.59 Å². The number of unbranched alkanes of at least 4 members (excludes halogenated alkanes) is 2. The molecule has 0 aliphatic rings. The van der Waals surface area contributed by atoms with Gasteiger partial charge in [0.25, 0.3) is 0 Å². The third kappa shape index (κ3) is 6.80. The largest absolute Gasteiger partial charge is 0.427 e. The minimum absolute atomic E-state index is 0.103. The fraction of sp³-hybridized carbons (Fsp3) is 0.353. The van der Waals surface area contributed by atoms with Crippen molar-refractivity contribution in [1.82, 2.24) is 4.98 Å². The average Bonchev–Trinajstić information content (AvgIpc) is 3.06. The summed E-state index contributed by atoms with van der Waals surface area (Å²) in [7, 11) is 0. The molecule has 28 heavy (non-hydrogen) atoms. The first-order valence-corrected chi connectivity index (χ1v) is 9.14. The number of halogens is 4. The normalized spacial score (nSPS) is 11.3. The number of rotatable bonds is 8. The van der Waals surface area contributed by atoms with E-state index in [-0.39, 0.29) is 29.6 Å². The Labute approximate surface area is 162 Å². The molecule has 2 amide bonds. The Kier molecular flexibility index (Phi) is 7.32. The van der Waals surface area contributed by atoms with Gasteiger partial charge in [0, 0.05) is 12.8 Å². The molecule has 1 aromatic heterocycles. The van der Waals surface area contributed by atoms with Crippen molar-refractivity contribution in [3.8, 4) is 0 Å². The van der Waals surface area contributed by atoms with Crippen LogP contribution < -0.4 is 16.4 Å². The molecule has 0 spiro atoms. The lowest BCUT2D eigenvalue weighted by Gasteiger charge is -2.08. The highest BCUT2D eigenvalue weighted by atomic mass is 32.1. The van der Waals surface area contributed by atoms with Crippen LogP contribution in [0.25, 0.3) is 0 Å². The van der Waals surface area contributed by atoms with Gasteiger partial charge in [-0.15, -0.1) is 0 Å². The van der Waals surface area contributed by atoms with Crippen molar-refractivity contribution in [1.29, 1.82) is 0 Å². The molecule has 0 atom stereocenters. The van der Waals surface area contributed by atoms with Crippen LogP contribution in [0.15, 0.2) is 24.4 Å². The van der Waals surface area contributed by atoms with Crippen LogP contribution in [0.5, 0.6) is 0 Å². The van der Waals surface area contributed by atoms with Crippen LogP contribution in [0.1, 0.15) is 37.0 Å². The molecule has 0 bridgehead atoms. The summed E-state index contributed by atoms with van der Waals surface area (Å²) >= 11 is 0.364. The fourth-order valence-electron chi connectivity index (χ4n) is 2.25. The Morgan fingerprint density at radius 1 is 1.07 bits per heavy atom. The van der Waals surface area contributed by atoms with Gasteiger partial charge < -0.3 is 16.4 Å². The summed E-state index contributed by atoms with van der Waals surface area (Å²) in [6.07, 6.45) is -1.96. The minimum atomic E-state index is -4.49. The van der Waals surface area contributed by atoms with Crippen molar-refractivity contribution in [2.24, 2.45) is 0 Å². The summed E-state index contributed by atoms with van der Waals surface area (Å²) in [6, 6.07) is 3.66. The number of thiazole rings is 1. The Bertz CT molecular complexity index is 839. The van der Waals surface area contributed by atoms with Gasteiger partial charge in [0.2, 0.25) is 11.8 Å². The summed E-state index contributed by atoms with van der Waals surface area (Å²) in [5.74, 6) is -1.22. The average molecular weight is 418 g/mol. The van der Waals surface area contributed by atoms with Crippen molar-refractivity contribution in [2.75, 3.05) is 16.4 Å². The molecule has 2 rings (SSSR count). The molecule has 6 nitrogen and oxygen atoms in total. The molecule has 4 N–H and O–H groups in total. The topological polar surface area (TPSA) is 97.1 Å². The van der Waals surface area contributed by atoms with Gasteiger partial charge in [-0.05, 0) is 31.0 Å². The van der Waals surface area contributed by atoms with Gasteiger partial charge in [-0.25, -0.2) is 9.37 Å². The highest BCUT2D eigenvalue weighted by Gasteiger charge is 2.33. The summed E-state index contributed by atoms with van der Waals surface area (Å²) in [5.41, 5.74) is 6.05. The Morgan fingerprint density at radius 3 is 2.29 bits per heavy atom. The number of benzene rings is 1. The van der Waals surface area contributed by atoms with Gasteiger partial charge in [0.1, 0.15) is 10.7 Å². The number of amides is 2. The third-order valence-corrected chi connectivity index (χ3v) is 4.58. The molecule has 1 aromatic carbocycles. The zero-order valence-corrected chi connectivity index (χ0v) is 15.4. The summed E-state index contributed by atoms with van der Waals surface area (Å²) in [5, 5.41) is 4.79. The number of hydrogen-bond donors (Lipinski definition) is 3. The number of anilines is 3. The van der Waals surface area contributed by atoms with Gasteiger partial charge in [-0.1, -0.05) is 17.8 Å². The van der Waals surface area contributed by atoms with E-state index in [0.29, 0.717) is 42.5 Å². The smallest absolute Gasteiger partial charge is 0.397 e. The molecule has 0 radical (unpaired) electrons. The number of hydrogen-bond acceptors (Lipinski definition) is 5. The SMILES string of the molecule is Nc1cc(F)ccc1NC(=O)CCCCCC(=O)Nc1ncc(C(F)(F)F)s1. The van der Waals surface area contributed by atoms with E-state index in [0.717, 1.165) is 6.07 Å². The molecule has 2 aromatic rings. The molecule has 0 aliphatic heterocycles. The van der Waals surface area contributed by atoms with E-state index in [9.17, 15) is 27.2 Å². The Balaban J connectivity index is 1.63. The second kappa shape index (κ2) is 9.49. The van der Waals surface area contributed by atoms with E-state index in [1.807, 2.05) is 0 Å². The maximum Gasteiger partial charge on any atom is 0.427 e. The predicted octanol–water partition coefficient (Wildman–Crippen LogP) is 4.41. The van der Waals surface area contributed by atoms with Crippen molar-refractivity contribution in [3.05, 3.63) is 35.1 Å². The number of nitrogens with zero attached hydrogens (tertiary/aromatic N) is 1. The molecule has 0 fully saturated rings. The third-order valence-electron chi connectivity index (χ3n) is 3.63. The molecule has 0 unspecified atom stereocenters. The van der Waals surface area contributed by atoms with Crippen molar-refractivity contribution >= 4 is 39.7 Å². The maximum absolute atomic E-state index is 13.0. The molecular formula is C17H18F4N4O2S. The van der Waals surface area contributed by atoms with Crippen LogP contribution in [-0.4, -0.2) is 16.8 Å². The lowest BCUT2D eigenvalue weighted by molar-refractivity contribution is -0.134. The number of carbonyl (C=O) groups is 2. The molecule has 0 saturated carbocycles. The monoisotopic (exact) mass is 418 g/mol. The van der Waals surface area contributed by atoms with Crippen LogP contribution in [0.4, 0.5) is 34.1 Å². The van der Waals surface area contributed by atoms with E-state index in [1.165, 1.54) is 12.1 Å². The number of nitrogens with two attached hydrogens (primary N) is 1. The first-order chi connectivity index (χ1) is 13.1. The molecule has 11 heteroatoms. The number of nitrogen functional groups attached to an aromatic ring is 1. The Hall–Kier alpha value is -2.69.